The second kappa shape index (κ2) is 6.33. The average molecular weight is 241 g/mol. The van der Waals surface area contributed by atoms with Gasteiger partial charge in [0.25, 0.3) is 0 Å². The van der Waals surface area contributed by atoms with E-state index in [1.807, 2.05) is 0 Å². The van der Waals surface area contributed by atoms with Crippen molar-refractivity contribution in [3.05, 3.63) is 0 Å². The highest BCUT2D eigenvalue weighted by Gasteiger charge is 2.24. The number of likely N-dealkylation sites (tertiary alicyclic amines) is 1. The molecule has 5 nitrogen and oxygen atoms in total. The zero-order valence-corrected chi connectivity index (χ0v) is 10.6. The molecule has 0 aromatic heterocycles. The molecule has 0 spiro atoms. The number of hydrogen-bond donors (Lipinski definition) is 2. The Hall–Kier alpha value is -0.650. The molecule has 2 fully saturated rings. The fraction of sp³-hybridized carbons (Fsp3) is 0.917. The summed E-state index contributed by atoms with van der Waals surface area (Å²) in [6.45, 7) is 8.36. The van der Waals surface area contributed by atoms with Crippen LogP contribution in [0, 0.1) is 5.92 Å². The van der Waals surface area contributed by atoms with Gasteiger partial charge >= 0.3 is 0 Å². The third-order valence-corrected chi connectivity index (χ3v) is 3.62. The molecule has 2 rings (SSSR count). The van der Waals surface area contributed by atoms with Crippen LogP contribution in [0.5, 0.6) is 0 Å². The second-order valence-electron chi connectivity index (χ2n) is 4.87. The molecule has 0 saturated carbocycles. The Bertz CT molecular complexity index is 254. The van der Waals surface area contributed by atoms with Crippen molar-refractivity contribution >= 4 is 5.91 Å². The van der Waals surface area contributed by atoms with Crippen molar-refractivity contribution in [1.82, 2.24) is 15.5 Å². The molecule has 2 aliphatic heterocycles. The van der Waals surface area contributed by atoms with Crippen molar-refractivity contribution in [2.75, 3.05) is 45.9 Å². The SMILES string of the molecule is CCN1CCC(CNC(=O)C2COCCN2)C1. The lowest BCUT2D eigenvalue weighted by molar-refractivity contribution is -0.126. The first-order valence-corrected chi connectivity index (χ1v) is 6.60. The Balaban J connectivity index is 1.65. The highest BCUT2D eigenvalue weighted by molar-refractivity contribution is 5.81. The molecule has 5 heteroatoms. The summed E-state index contributed by atoms with van der Waals surface area (Å²) >= 11 is 0. The lowest BCUT2D eigenvalue weighted by atomic mass is 10.1. The number of carbonyl (C=O) groups excluding carboxylic acids is 1. The van der Waals surface area contributed by atoms with Gasteiger partial charge in [-0.15, -0.1) is 0 Å². The first kappa shape index (κ1) is 12.8. The van der Waals surface area contributed by atoms with Crippen molar-refractivity contribution in [1.29, 1.82) is 0 Å². The van der Waals surface area contributed by atoms with Gasteiger partial charge in [-0.25, -0.2) is 0 Å². The molecule has 2 N–H and O–H groups in total. The number of nitrogens with zero attached hydrogens (tertiary/aromatic N) is 1. The molecule has 0 radical (unpaired) electrons. The molecule has 2 aliphatic rings. The predicted molar refractivity (Wildman–Crippen MR) is 65.8 cm³/mol. The highest BCUT2D eigenvalue weighted by atomic mass is 16.5. The Morgan fingerprint density at radius 1 is 1.59 bits per heavy atom. The summed E-state index contributed by atoms with van der Waals surface area (Å²) in [6, 6.07) is -0.160. The van der Waals surface area contributed by atoms with Gasteiger partial charge in [0, 0.05) is 19.6 Å². The Morgan fingerprint density at radius 3 is 3.12 bits per heavy atom. The molecule has 2 heterocycles. The number of nitrogens with one attached hydrogen (secondary N) is 2. The van der Waals surface area contributed by atoms with Gasteiger partial charge in [0.1, 0.15) is 6.04 Å². The maximum absolute atomic E-state index is 11.8. The Labute approximate surface area is 103 Å². The predicted octanol–water partition coefficient (Wildman–Crippen LogP) is -0.567. The third kappa shape index (κ3) is 3.66. The van der Waals surface area contributed by atoms with Gasteiger partial charge in [0.05, 0.1) is 13.2 Å². The average Bonchev–Trinajstić information content (AvgIpc) is 2.85. The van der Waals surface area contributed by atoms with Crippen LogP contribution in [0.15, 0.2) is 0 Å². The van der Waals surface area contributed by atoms with E-state index in [0.29, 0.717) is 19.1 Å². The van der Waals surface area contributed by atoms with Crippen molar-refractivity contribution in [3.8, 4) is 0 Å². The minimum atomic E-state index is -0.160. The monoisotopic (exact) mass is 241 g/mol. The van der Waals surface area contributed by atoms with Gasteiger partial charge < -0.3 is 20.3 Å². The van der Waals surface area contributed by atoms with Gasteiger partial charge in [0.2, 0.25) is 5.91 Å². The maximum Gasteiger partial charge on any atom is 0.239 e. The van der Waals surface area contributed by atoms with Crippen LogP contribution in [-0.4, -0.2) is 62.8 Å². The molecule has 2 atom stereocenters. The summed E-state index contributed by atoms with van der Waals surface area (Å²) in [4.78, 5) is 14.3. The zero-order valence-electron chi connectivity index (χ0n) is 10.6. The molecular weight excluding hydrogens is 218 g/mol. The third-order valence-electron chi connectivity index (χ3n) is 3.62. The molecule has 2 saturated heterocycles. The molecule has 2 unspecified atom stereocenters. The quantitative estimate of drug-likeness (QED) is 0.692. The lowest BCUT2D eigenvalue weighted by Crippen LogP contribution is -2.52. The highest BCUT2D eigenvalue weighted by Crippen LogP contribution is 2.14. The van der Waals surface area contributed by atoms with Crippen LogP contribution in [-0.2, 0) is 9.53 Å². The fourth-order valence-electron chi connectivity index (χ4n) is 2.47. The molecular formula is C12H23N3O2. The van der Waals surface area contributed by atoms with Crippen molar-refractivity contribution in [2.24, 2.45) is 5.92 Å². The van der Waals surface area contributed by atoms with Crippen LogP contribution in [0.2, 0.25) is 0 Å². The number of carbonyl (C=O) groups is 1. The summed E-state index contributed by atoms with van der Waals surface area (Å²) in [5.74, 6) is 0.697. The van der Waals surface area contributed by atoms with Crippen LogP contribution in [0.3, 0.4) is 0 Å². The Kier molecular flexibility index (Phi) is 4.76. The van der Waals surface area contributed by atoms with Gasteiger partial charge in [0.15, 0.2) is 0 Å². The molecule has 0 bridgehead atoms. The van der Waals surface area contributed by atoms with Crippen LogP contribution in [0.25, 0.3) is 0 Å². The standard InChI is InChI=1S/C12H23N3O2/c1-2-15-5-3-10(8-15)7-14-12(16)11-9-17-6-4-13-11/h10-11,13H,2-9H2,1H3,(H,14,16). The molecule has 98 valence electrons. The summed E-state index contributed by atoms with van der Waals surface area (Å²) in [6.07, 6.45) is 1.20. The van der Waals surface area contributed by atoms with E-state index in [0.717, 1.165) is 26.2 Å². The van der Waals surface area contributed by atoms with E-state index in [2.05, 4.69) is 22.5 Å². The van der Waals surface area contributed by atoms with E-state index >= 15 is 0 Å². The Morgan fingerprint density at radius 2 is 2.47 bits per heavy atom. The normalized spacial score (nSPS) is 30.4. The summed E-state index contributed by atoms with van der Waals surface area (Å²) in [5, 5.41) is 6.20. The summed E-state index contributed by atoms with van der Waals surface area (Å²) in [5.41, 5.74) is 0. The minimum absolute atomic E-state index is 0.0830. The zero-order chi connectivity index (χ0) is 12.1. The largest absolute Gasteiger partial charge is 0.378 e. The van der Waals surface area contributed by atoms with E-state index in [9.17, 15) is 4.79 Å². The van der Waals surface area contributed by atoms with Crippen LogP contribution in [0.1, 0.15) is 13.3 Å². The number of hydrogen-bond acceptors (Lipinski definition) is 4. The van der Waals surface area contributed by atoms with Crippen LogP contribution >= 0.6 is 0 Å². The minimum Gasteiger partial charge on any atom is -0.378 e. The molecule has 0 aliphatic carbocycles. The molecule has 17 heavy (non-hydrogen) atoms. The van der Waals surface area contributed by atoms with E-state index in [4.69, 9.17) is 4.74 Å². The van der Waals surface area contributed by atoms with Crippen molar-refractivity contribution < 1.29 is 9.53 Å². The smallest absolute Gasteiger partial charge is 0.239 e. The van der Waals surface area contributed by atoms with Crippen molar-refractivity contribution in [3.63, 3.8) is 0 Å². The van der Waals surface area contributed by atoms with Gasteiger partial charge in [-0.1, -0.05) is 6.92 Å². The van der Waals surface area contributed by atoms with E-state index in [1.54, 1.807) is 0 Å². The molecule has 1 amide bonds. The number of rotatable bonds is 4. The van der Waals surface area contributed by atoms with E-state index in [1.165, 1.54) is 13.0 Å². The first-order valence-electron chi connectivity index (χ1n) is 6.60. The lowest BCUT2D eigenvalue weighted by Gasteiger charge is -2.23. The summed E-state index contributed by atoms with van der Waals surface area (Å²) < 4.78 is 5.28. The molecule has 0 aromatic carbocycles. The second-order valence-corrected chi connectivity index (χ2v) is 4.87. The fourth-order valence-corrected chi connectivity index (χ4v) is 2.47. The topological polar surface area (TPSA) is 53.6 Å². The van der Waals surface area contributed by atoms with Gasteiger partial charge in [-0.2, -0.15) is 0 Å². The first-order chi connectivity index (χ1) is 8.29. The number of morpholine rings is 1. The van der Waals surface area contributed by atoms with Gasteiger partial charge in [-0.3, -0.25) is 4.79 Å². The van der Waals surface area contributed by atoms with Crippen LogP contribution in [0.4, 0.5) is 0 Å². The van der Waals surface area contributed by atoms with Gasteiger partial charge in [-0.05, 0) is 25.4 Å². The van der Waals surface area contributed by atoms with E-state index < -0.39 is 0 Å². The van der Waals surface area contributed by atoms with Crippen molar-refractivity contribution in [2.45, 2.75) is 19.4 Å². The number of amides is 1. The summed E-state index contributed by atoms with van der Waals surface area (Å²) in [7, 11) is 0. The maximum atomic E-state index is 11.8. The number of ether oxygens (including phenoxy) is 1. The molecule has 0 aromatic rings. The van der Waals surface area contributed by atoms with E-state index in [-0.39, 0.29) is 11.9 Å². The van der Waals surface area contributed by atoms with Crippen LogP contribution < -0.4 is 10.6 Å².